The Morgan fingerprint density at radius 1 is 1.20 bits per heavy atom. The van der Waals surface area contributed by atoms with Gasteiger partial charge in [0.05, 0.1) is 17.4 Å². The van der Waals surface area contributed by atoms with Gasteiger partial charge in [-0.3, -0.25) is 4.79 Å². The van der Waals surface area contributed by atoms with Gasteiger partial charge in [0.25, 0.3) is 5.91 Å². The number of carbonyl (C=O) groups is 1. The van der Waals surface area contributed by atoms with Crippen LogP contribution in [0.4, 0.5) is 5.69 Å². The third kappa shape index (κ3) is 3.77. The molecule has 0 saturated heterocycles. The van der Waals surface area contributed by atoms with Crippen molar-refractivity contribution in [2.45, 2.75) is 4.90 Å². The summed E-state index contributed by atoms with van der Waals surface area (Å²) in [7, 11) is 0. The van der Waals surface area contributed by atoms with E-state index in [0.717, 1.165) is 4.90 Å². The standard InChI is InChI=1S/C15H11ClN2OS/c16-11-5-7-12(8-6-11)18-15(19)13-3-1-2-4-14(13)20-10-9-17/h1-8H,10H2,(H,18,19). The van der Waals surface area contributed by atoms with Crippen LogP contribution in [0.5, 0.6) is 0 Å². The summed E-state index contributed by atoms with van der Waals surface area (Å²) in [5, 5.41) is 12.1. The minimum atomic E-state index is -0.201. The lowest BCUT2D eigenvalue weighted by Gasteiger charge is -2.08. The van der Waals surface area contributed by atoms with E-state index < -0.39 is 0 Å². The van der Waals surface area contributed by atoms with Gasteiger partial charge < -0.3 is 5.32 Å². The number of thioether (sulfide) groups is 1. The molecule has 3 nitrogen and oxygen atoms in total. The van der Waals surface area contributed by atoms with Crippen LogP contribution in [0.25, 0.3) is 0 Å². The van der Waals surface area contributed by atoms with Gasteiger partial charge in [-0.1, -0.05) is 23.7 Å². The summed E-state index contributed by atoms with van der Waals surface area (Å²) < 4.78 is 0. The lowest BCUT2D eigenvalue weighted by Crippen LogP contribution is -2.12. The van der Waals surface area contributed by atoms with E-state index in [4.69, 9.17) is 16.9 Å². The highest BCUT2D eigenvalue weighted by molar-refractivity contribution is 7.99. The minimum absolute atomic E-state index is 0.201. The fourth-order valence-corrected chi connectivity index (χ4v) is 2.46. The molecule has 1 N–H and O–H groups in total. The highest BCUT2D eigenvalue weighted by Crippen LogP contribution is 2.23. The Kier molecular flexibility index (Phi) is 5.05. The van der Waals surface area contributed by atoms with E-state index in [1.165, 1.54) is 11.8 Å². The van der Waals surface area contributed by atoms with Crippen LogP contribution < -0.4 is 5.32 Å². The summed E-state index contributed by atoms with van der Waals surface area (Å²) in [5.74, 6) is 0.110. The average molecular weight is 303 g/mol. The molecule has 2 aromatic carbocycles. The van der Waals surface area contributed by atoms with Crippen LogP contribution in [-0.2, 0) is 0 Å². The highest BCUT2D eigenvalue weighted by atomic mass is 35.5. The second-order valence-electron chi connectivity index (χ2n) is 3.90. The molecule has 1 amide bonds. The monoisotopic (exact) mass is 302 g/mol. The van der Waals surface area contributed by atoms with E-state index in [0.29, 0.717) is 22.0 Å². The lowest BCUT2D eigenvalue weighted by molar-refractivity contribution is 0.102. The zero-order valence-electron chi connectivity index (χ0n) is 10.5. The van der Waals surface area contributed by atoms with E-state index >= 15 is 0 Å². The minimum Gasteiger partial charge on any atom is -0.322 e. The normalized spacial score (nSPS) is 9.80. The second kappa shape index (κ2) is 6.99. The Balaban J connectivity index is 2.16. The molecule has 0 saturated carbocycles. The van der Waals surface area contributed by atoms with E-state index in [1.807, 2.05) is 12.1 Å². The number of nitriles is 1. The molecule has 0 aliphatic rings. The molecule has 0 atom stereocenters. The number of nitrogens with one attached hydrogen (secondary N) is 1. The number of hydrogen-bond acceptors (Lipinski definition) is 3. The van der Waals surface area contributed by atoms with Crippen molar-refractivity contribution >= 4 is 35.0 Å². The molecule has 0 unspecified atom stereocenters. The van der Waals surface area contributed by atoms with E-state index in [-0.39, 0.29) is 5.91 Å². The van der Waals surface area contributed by atoms with E-state index in [1.54, 1.807) is 36.4 Å². The van der Waals surface area contributed by atoms with Gasteiger partial charge >= 0.3 is 0 Å². The van der Waals surface area contributed by atoms with Crippen molar-refractivity contribution in [2.75, 3.05) is 11.1 Å². The second-order valence-corrected chi connectivity index (χ2v) is 5.36. The predicted molar refractivity (Wildman–Crippen MR) is 82.2 cm³/mol. The van der Waals surface area contributed by atoms with Crippen LogP contribution in [0, 0.1) is 11.3 Å². The van der Waals surface area contributed by atoms with Crippen LogP contribution in [0.3, 0.4) is 0 Å². The third-order valence-corrected chi connectivity index (χ3v) is 3.72. The number of amides is 1. The molecule has 0 radical (unpaired) electrons. The van der Waals surface area contributed by atoms with E-state index in [2.05, 4.69) is 11.4 Å². The topological polar surface area (TPSA) is 52.9 Å². The smallest absolute Gasteiger partial charge is 0.256 e. The molecule has 2 rings (SSSR count). The molecule has 0 fully saturated rings. The van der Waals surface area contributed by atoms with Crippen LogP contribution in [0.1, 0.15) is 10.4 Å². The predicted octanol–water partition coefficient (Wildman–Crippen LogP) is 4.21. The molecule has 100 valence electrons. The van der Waals surface area contributed by atoms with Crippen molar-refractivity contribution in [3.63, 3.8) is 0 Å². The van der Waals surface area contributed by atoms with Crippen molar-refractivity contribution in [2.24, 2.45) is 0 Å². The molecule has 0 spiro atoms. The first-order chi connectivity index (χ1) is 9.70. The van der Waals surface area contributed by atoms with E-state index in [9.17, 15) is 4.79 Å². The van der Waals surface area contributed by atoms with Gasteiger partial charge in [0.2, 0.25) is 0 Å². The molecule has 0 aliphatic heterocycles. The summed E-state index contributed by atoms with van der Waals surface area (Å²) in [6.07, 6.45) is 0. The quantitative estimate of drug-likeness (QED) is 0.861. The van der Waals surface area contributed by atoms with Crippen LogP contribution in [-0.4, -0.2) is 11.7 Å². The van der Waals surface area contributed by atoms with Gasteiger partial charge in [0.1, 0.15) is 0 Å². The zero-order chi connectivity index (χ0) is 14.4. The first-order valence-corrected chi connectivity index (χ1v) is 7.23. The maximum atomic E-state index is 12.2. The van der Waals surface area contributed by atoms with Gasteiger partial charge in [0.15, 0.2) is 0 Å². The number of rotatable bonds is 4. The lowest BCUT2D eigenvalue weighted by atomic mass is 10.2. The highest BCUT2D eigenvalue weighted by Gasteiger charge is 2.11. The Hall–Kier alpha value is -1.96. The molecule has 2 aromatic rings. The SMILES string of the molecule is N#CCSc1ccccc1C(=O)Nc1ccc(Cl)cc1. The largest absolute Gasteiger partial charge is 0.322 e. The van der Waals surface area contributed by atoms with Gasteiger partial charge in [0, 0.05) is 15.6 Å². The summed E-state index contributed by atoms with van der Waals surface area (Å²) >= 11 is 7.15. The van der Waals surface area contributed by atoms with Crippen LogP contribution in [0.15, 0.2) is 53.4 Å². The number of halogens is 1. The number of benzene rings is 2. The van der Waals surface area contributed by atoms with Gasteiger partial charge in [-0.15, -0.1) is 11.8 Å². The number of nitrogens with zero attached hydrogens (tertiary/aromatic N) is 1. The Morgan fingerprint density at radius 3 is 2.60 bits per heavy atom. The first-order valence-electron chi connectivity index (χ1n) is 5.86. The van der Waals surface area contributed by atoms with Crippen LogP contribution in [0.2, 0.25) is 5.02 Å². The maximum absolute atomic E-state index is 12.2. The van der Waals surface area contributed by atoms with Crippen molar-refractivity contribution in [3.05, 3.63) is 59.1 Å². The Labute approximate surface area is 126 Å². The molecule has 20 heavy (non-hydrogen) atoms. The molecular weight excluding hydrogens is 292 g/mol. The van der Waals surface area contributed by atoms with Crippen molar-refractivity contribution in [1.29, 1.82) is 5.26 Å². The molecule has 5 heteroatoms. The summed E-state index contributed by atoms with van der Waals surface area (Å²) in [6, 6.07) is 16.2. The number of hydrogen-bond donors (Lipinski definition) is 1. The third-order valence-electron chi connectivity index (χ3n) is 2.53. The number of anilines is 1. The molecule has 0 aromatic heterocycles. The summed E-state index contributed by atoms with van der Waals surface area (Å²) in [4.78, 5) is 13.0. The van der Waals surface area contributed by atoms with Gasteiger partial charge in [-0.2, -0.15) is 5.26 Å². The number of carbonyl (C=O) groups excluding carboxylic acids is 1. The van der Waals surface area contributed by atoms with Crippen molar-refractivity contribution in [1.82, 2.24) is 0 Å². The molecule has 0 aliphatic carbocycles. The molecule has 0 bridgehead atoms. The van der Waals surface area contributed by atoms with Crippen LogP contribution >= 0.6 is 23.4 Å². The Morgan fingerprint density at radius 2 is 1.90 bits per heavy atom. The van der Waals surface area contributed by atoms with Gasteiger partial charge in [-0.25, -0.2) is 0 Å². The average Bonchev–Trinajstić information content (AvgIpc) is 2.47. The summed E-state index contributed by atoms with van der Waals surface area (Å²) in [5.41, 5.74) is 1.24. The zero-order valence-corrected chi connectivity index (χ0v) is 12.0. The Bertz CT molecular complexity index is 650. The fraction of sp³-hybridized carbons (Fsp3) is 0.0667. The van der Waals surface area contributed by atoms with Gasteiger partial charge in [-0.05, 0) is 36.4 Å². The maximum Gasteiger partial charge on any atom is 0.256 e. The van der Waals surface area contributed by atoms with Crippen molar-refractivity contribution < 1.29 is 4.79 Å². The molecule has 0 heterocycles. The summed E-state index contributed by atoms with van der Waals surface area (Å²) in [6.45, 7) is 0. The fourth-order valence-electron chi connectivity index (χ4n) is 1.62. The molecular formula is C15H11ClN2OS. The first kappa shape index (κ1) is 14.4. The van der Waals surface area contributed by atoms with Crippen molar-refractivity contribution in [3.8, 4) is 6.07 Å².